The highest BCUT2D eigenvalue weighted by Gasteiger charge is 2.20. The monoisotopic (exact) mass is 141 g/mol. The second kappa shape index (κ2) is 3.91. The van der Waals surface area contributed by atoms with Crippen molar-refractivity contribution in [2.75, 3.05) is 19.6 Å². The lowest BCUT2D eigenvalue weighted by Crippen LogP contribution is -2.39. The number of piperidine rings is 1. The van der Waals surface area contributed by atoms with Crippen molar-refractivity contribution in [3.8, 4) is 0 Å². The zero-order valence-electron chi connectivity index (χ0n) is 6.21. The van der Waals surface area contributed by atoms with E-state index in [9.17, 15) is 0 Å². The normalized spacial score (nSPS) is 28.8. The first-order chi connectivity index (χ1) is 4.86. The smallest absolute Gasteiger partial charge is 0.0374 e. The van der Waals surface area contributed by atoms with Gasteiger partial charge in [0, 0.05) is 19.1 Å². The number of nitrogens with zero attached hydrogens (tertiary/aromatic N) is 1. The Bertz CT molecular complexity index is 84.9. The minimum atomic E-state index is 0.354. The average molecular weight is 141 g/mol. The Labute approximate surface area is 62.2 Å². The van der Waals surface area contributed by atoms with Gasteiger partial charge in [-0.2, -0.15) is 0 Å². The highest BCUT2D eigenvalue weighted by Crippen LogP contribution is 2.16. The fourth-order valence-corrected chi connectivity index (χ4v) is 1.25. The van der Waals surface area contributed by atoms with Crippen molar-refractivity contribution in [2.24, 2.45) is 11.5 Å². The van der Waals surface area contributed by atoms with Gasteiger partial charge in [0.15, 0.2) is 0 Å². The van der Waals surface area contributed by atoms with Crippen molar-refractivity contribution in [2.45, 2.75) is 18.9 Å². The van der Waals surface area contributed by atoms with Gasteiger partial charge in [-0.25, -0.2) is 5.32 Å². The molecular weight excluding hydrogens is 126 g/mol. The molecule has 0 aromatic heterocycles. The van der Waals surface area contributed by atoms with Gasteiger partial charge in [-0.1, -0.05) is 0 Å². The molecule has 1 unspecified atom stereocenters. The van der Waals surface area contributed by atoms with Crippen molar-refractivity contribution in [3.05, 3.63) is 5.92 Å². The Balaban J connectivity index is 2.25. The van der Waals surface area contributed by atoms with E-state index in [2.05, 4.69) is 5.32 Å². The van der Waals surface area contributed by atoms with Crippen LogP contribution in [0.15, 0.2) is 0 Å². The molecule has 1 heterocycles. The van der Waals surface area contributed by atoms with Crippen molar-refractivity contribution >= 4 is 0 Å². The van der Waals surface area contributed by atoms with E-state index >= 15 is 0 Å². The molecule has 4 N–H and O–H groups in total. The maximum Gasteiger partial charge on any atom is 0.0374 e. The van der Waals surface area contributed by atoms with Gasteiger partial charge in [0.05, 0.1) is 0 Å². The van der Waals surface area contributed by atoms with Crippen LogP contribution < -0.4 is 16.8 Å². The van der Waals surface area contributed by atoms with Crippen molar-refractivity contribution in [1.82, 2.24) is 5.32 Å². The van der Waals surface area contributed by atoms with E-state index in [1.54, 1.807) is 0 Å². The summed E-state index contributed by atoms with van der Waals surface area (Å²) in [7, 11) is 0. The van der Waals surface area contributed by atoms with Gasteiger partial charge in [-0.15, -0.1) is 0 Å². The van der Waals surface area contributed by atoms with E-state index in [4.69, 9.17) is 11.5 Å². The second-order valence-corrected chi connectivity index (χ2v) is 2.70. The minimum Gasteiger partial charge on any atom is -0.330 e. The Kier molecular flexibility index (Phi) is 3.12. The number of rotatable bonds is 2. The molecule has 1 saturated heterocycles. The standard InChI is InChI=1S/C7H15N3/c8-4-6-1-2-10-7(3-6)5-9/h7H,1-5,8-9H2. The van der Waals surface area contributed by atoms with Crippen LogP contribution in [0.25, 0.3) is 0 Å². The third-order valence-electron chi connectivity index (χ3n) is 1.94. The van der Waals surface area contributed by atoms with Crippen LogP contribution in [0.1, 0.15) is 12.8 Å². The van der Waals surface area contributed by atoms with Crippen LogP contribution in [0.5, 0.6) is 0 Å². The third-order valence-corrected chi connectivity index (χ3v) is 1.94. The second-order valence-electron chi connectivity index (χ2n) is 2.70. The summed E-state index contributed by atoms with van der Waals surface area (Å²) in [4.78, 5) is 0. The minimum absolute atomic E-state index is 0.354. The van der Waals surface area contributed by atoms with Crippen LogP contribution in [0.3, 0.4) is 0 Å². The van der Waals surface area contributed by atoms with E-state index in [0.717, 1.165) is 19.4 Å². The van der Waals surface area contributed by atoms with Crippen molar-refractivity contribution in [1.29, 1.82) is 0 Å². The first kappa shape index (κ1) is 7.98. The zero-order chi connectivity index (χ0) is 7.40. The van der Waals surface area contributed by atoms with Crippen molar-refractivity contribution < 1.29 is 0 Å². The maximum atomic E-state index is 5.50. The lowest BCUT2D eigenvalue weighted by atomic mass is 9.93. The predicted octanol–water partition coefficient (Wildman–Crippen LogP) is -0.755. The molecule has 1 aliphatic rings. The third kappa shape index (κ3) is 1.94. The molecule has 1 aliphatic heterocycles. The fourth-order valence-electron chi connectivity index (χ4n) is 1.25. The first-order valence-electron chi connectivity index (χ1n) is 3.77. The molecule has 3 heteroatoms. The molecule has 10 heavy (non-hydrogen) atoms. The Morgan fingerprint density at radius 2 is 2.30 bits per heavy atom. The molecule has 3 nitrogen and oxygen atoms in total. The highest BCUT2D eigenvalue weighted by molar-refractivity contribution is 4.99. The molecule has 0 saturated carbocycles. The molecule has 0 aromatic carbocycles. The summed E-state index contributed by atoms with van der Waals surface area (Å²) in [6, 6.07) is 0.354. The summed E-state index contributed by atoms with van der Waals surface area (Å²) in [6.07, 6.45) is 2.10. The average Bonchev–Trinajstić information content (AvgIpc) is 2.05. The van der Waals surface area contributed by atoms with Crippen LogP contribution in [0.2, 0.25) is 0 Å². The van der Waals surface area contributed by atoms with Gasteiger partial charge in [0.2, 0.25) is 0 Å². The van der Waals surface area contributed by atoms with Crippen LogP contribution >= 0.6 is 0 Å². The summed E-state index contributed by atoms with van der Waals surface area (Å²) < 4.78 is 0. The molecule has 1 rings (SSSR count). The molecule has 0 aliphatic carbocycles. The summed E-state index contributed by atoms with van der Waals surface area (Å²) in [5.74, 6) is 1.42. The van der Waals surface area contributed by atoms with Gasteiger partial charge >= 0.3 is 0 Å². The zero-order valence-corrected chi connectivity index (χ0v) is 6.21. The Morgan fingerprint density at radius 3 is 2.90 bits per heavy atom. The quantitative estimate of drug-likeness (QED) is 0.531. The van der Waals surface area contributed by atoms with E-state index in [1.165, 1.54) is 5.92 Å². The van der Waals surface area contributed by atoms with E-state index in [-0.39, 0.29) is 0 Å². The lowest BCUT2D eigenvalue weighted by Gasteiger charge is -2.26. The summed E-state index contributed by atoms with van der Waals surface area (Å²) >= 11 is 0. The number of hydrogen-bond donors (Lipinski definition) is 2. The molecule has 2 radical (unpaired) electrons. The molecule has 0 amide bonds. The van der Waals surface area contributed by atoms with Gasteiger partial charge in [0.1, 0.15) is 0 Å². The molecule has 1 atom stereocenters. The first-order valence-corrected chi connectivity index (χ1v) is 3.77. The molecular formula is C7H15N3. The molecule has 0 spiro atoms. The number of nitrogens with two attached hydrogens (primary N) is 2. The van der Waals surface area contributed by atoms with Crippen LogP contribution in [-0.2, 0) is 0 Å². The summed E-state index contributed by atoms with van der Waals surface area (Å²) in [5, 5.41) is 4.34. The maximum absolute atomic E-state index is 5.50. The fraction of sp³-hybridized carbons (Fsp3) is 0.857. The van der Waals surface area contributed by atoms with E-state index in [0.29, 0.717) is 19.1 Å². The van der Waals surface area contributed by atoms with Gasteiger partial charge in [-0.05, 0) is 25.3 Å². The van der Waals surface area contributed by atoms with Gasteiger partial charge in [0.25, 0.3) is 0 Å². The SMILES string of the molecule is NC[C]1CC[N]C(CN)C1. The van der Waals surface area contributed by atoms with Gasteiger partial charge < -0.3 is 11.5 Å². The number of hydrogen-bond acceptors (Lipinski definition) is 2. The molecule has 0 bridgehead atoms. The van der Waals surface area contributed by atoms with Crippen LogP contribution in [0, 0.1) is 5.92 Å². The Morgan fingerprint density at radius 1 is 1.50 bits per heavy atom. The van der Waals surface area contributed by atoms with Crippen LogP contribution in [-0.4, -0.2) is 25.7 Å². The molecule has 1 fully saturated rings. The predicted molar refractivity (Wildman–Crippen MR) is 41.4 cm³/mol. The lowest BCUT2D eigenvalue weighted by molar-refractivity contribution is 0.417. The summed E-state index contributed by atoms with van der Waals surface area (Å²) in [6.45, 7) is 2.31. The Hall–Kier alpha value is -0.120. The highest BCUT2D eigenvalue weighted by atomic mass is 14.9. The van der Waals surface area contributed by atoms with E-state index in [1.807, 2.05) is 0 Å². The van der Waals surface area contributed by atoms with E-state index < -0.39 is 0 Å². The summed E-state index contributed by atoms with van der Waals surface area (Å²) in [5.41, 5.74) is 11.0. The largest absolute Gasteiger partial charge is 0.330 e. The van der Waals surface area contributed by atoms with Gasteiger partial charge in [-0.3, -0.25) is 0 Å². The topological polar surface area (TPSA) is 66.1 Å². The molecule has 58 valence electrons. The van der Waals surface area contributed by atoms with Crippen molar-refractivity contribution in [3.63, 3.8) is 0 Å². The van der Waals surface area contributed by atoms with Crippen LogP contribution in [0.4, 0.5) is 0 Å². The molecule has 0 aromatic rings.